The third kappa shape index (κ3) is 25.1. The van der Waals surface area contributed by atoms with Crippen molar-refractivity contribution >= 4 is 73.0 Å². The van der Waals surface area contributed by atoms with Crippen molar-refractivity contribution in [2.45, 2.75) is 363 Å². The molecule has 0 spiro atoms. The minimum Gasteiger partial charge on any atom is -0.274 e. The first-order valence-corrected chi connectivity index (χ1v) is 41.4. The van der Waals surface area contributed by atoms with Gasteiger partial charge in [0.05, 0.1) is 14.9 Å². The zero-order valence-electron chi connectivity index (χ0n) is 59.0. The largest absolute Gasteiger partial charge is 0.274 e. The van der Waals surface area contributed by atoms with Crippen LogP contribution in [-0.2, 0) is 12.8 Å². The molecule has 4 aromatic rings. The smallest absolute Gasteiger partial charge is 0.262 e. The van der Waals surface area contributed by atoms with E-state index in [2.05, 4.69) is 75.0 Å². The molecular formula is C82H129BrN2O4S2. The first kappa shape index (κ1) is 76.9. The number of halogens is 1. The van der Waals surface area contributed by atoms with E-state index in [1.54, 1.807) is 32.5 Å². The fourth-order valence-corrected chi connectivity index (χ4v) is 17.6. The average molecular weight is 1350 g/mol. The lowest BCUT2D eigenvalue weighted by molar-refractivity contribution is 0.0557. The molecule has 6 nitrogen and oxygen atoms in total. The molecule has 0 saturated heterocycles. The maximum atomic E-state index is 16.1. The molecule has 0 bridgehead atoms. The van der Waals surface area contributed by atoms with Gasteiger partial charge in [-0.25, -0.2) is 0 Å². The number of hydrogen-bond donors (Lipinski definition) is 0. The van der Waals surface area contributed by atoms with E-state index in [0.29, 0.717) is 46.1 Å². The van der Waals surface area contributed by atoms with E-state index >= 15 is 19.2 Å². The highest BCUT2D eigenvalue weighted by atomic mass is 79.9. The van der Waals surface area contributed by atoms with Crippen molar-refractivity contribution in [3.05, 3.63) is 66.8 Å². The van der Waals surface area contributed by atoms with E-state index in [0.717, 1.165) is 108 Å². The number of hydrogen-bond acceptors (Lipinski definition) is 6. The maximum absolute atomic E-state index is 16.1. The maximum Gasteiger partial charge on any atom is 0.262 e. The van der Waals surface area contributed by atoms with Crippen molar-refractivity contribution in [1.29, 1.82) is 0 Å². The van der Waals surface area contributed by atoms with E-state index in [4.69, 9.17) is 0 Å². The Bertz CT molecular complexity index is 2720. The van der Waals surface area contributed by atoms with Gasteiger partial charge in [0.15, 0.2) is 0 Å². The monoisotopic (exact) mass is 1350 g/mol. The second-order valence-corrected chi connectivity index (χ2v) is 31.7. The number of rotatable bonds is 56. The summed E-state index contributed by atoms with van der Waals surface area (Å²) in [5, 5.41) is 3.28. The van der Waals surface area contributed by atoms with Gasteiger partial charge in [-0.3, -0.25) is 29.0 Å². The molecule has 2 aromatic heterocycles. The van der Waals surface area contributed by atoms with Crippen molar-refractivity contribution in [2.75, 3.05) is 13.1 Å². The zero-order valence-corrected chi connectivity index (χ0v) is 62.3. The molecule has 2 aromatic carbocycles. The highest BCUT2D eigenvalue weighted by Crippen LogP contribution is 2.49. The topological polar surface area (TPSA) is 74.8 Å². The fourth-order valence-electron chi connectivity index (χ4n) is 14.9. The number of carbonyl (C=O) groups excluding carboxylic acids is 4. The Hall–Kier alpha value is -3.14. The predicted molar refractivity (Wildman–Crippen MR) is 399 cm³/mol. The number of imide groups is 2. The standard InChI is InChI=1S/C82H129BrN2O4S2/c1-7-13-19-25-29-33-35-39-43-48-53-64(51-46-41-37-31-27-21-15-9-3)61-84-80(87)71-60-69(73-58-67(78(83)91-73)56-50-24-18-12-6)77-75-70(59-68(76(74(71)75)81(84)88)72-57-66(63-90-72)55-45-23-17-11-5)79(86)85(82(77)89)62-65(52-47-42-38-32-28-22-16-10-4)54-49-44-40-36-34-30-26-20-14-8-2/h57-60,63-65H,7-56,61-62H2,1-6H3. The summed E-state index contributed by atoms with van der Waals surface area (Å²) in [6.07, 6.45) is 60.6. The quantitative estimate of drug-likeness (QED) is 0.0326. The Morgan fingerprint density at radius 2 is 0.648 bits per heavy atom. The third-order valence-electron chi connectivity index (χ3n) is 20.6. The Balaban J connectivity index is 1.42. The van der Waals surface area contributed by atoms with E-state index in [9.17, 15) is 0 Å². The fraction of sp³-hybridized carbons (Fsp3) is 0.732. The minimum atomic E-state index is -0.278. The number of carbonyl (C=O) groups is 4. The molecule has 2 unspecified atom stereocenters. The molecular weight excluding hydrogens is 1220 g/mol. The normalized spacial score (nSPS) is 13.9. The van der Waals surface area contributed by atoms with Gasteiger partial charge < -0.3 is 0 Å². The molecule has 4 amide bonds. The van der Waals surface area contributed by atoms with Gasteiger partial charge in [0, 0.05) is 55.9 Å². The molecule has 2 atom stereocenters. The molecule has 4 heterocycles. The zero-order chi connectivity index (χ0) is 64.8. The van der Waals surface area contributed by atoms with Crippen molar-refractivity contribution in [3.8, 4) is 20.9 Å². The Morgan fingerprint density at radius 3 is 1.00 bits per heavy atom. The third-order valence-corrected chi connectivity index (χ3v) is 23.6. The van der Waals surface area contributed by atoms with Crippen molar-refractivity contribution in [2.24, 2.45) is 11.8 Å². The van der Waals surface area contributed by atoms with Crippen molar-refractivity contribution in [3.63, 3.8) is 0 Å². The summed E-state index contributed by atoms with van der Waals surface area (Å²) in [7, 11) is 0. The van der Waals surface area contributed by atoms with Crippen LogP contribution in [0.25, 0.3) is 31.7 Å². The summed E-state index contributed by atoms with van der Waals surface area (Å²) in [6, 6.07) is 8.53. The van der Waals surface area contributed by atoms with Crippen LogP contribution in [0.1, 0.15) is 402 Å². The van der Waals surface area contributed by atoms with Crippen LogP contribution < -0.4 is 0 Å². The Kier molecular flexibility index (Phi) is 38.3. The van der Waals surface area contributed by atoms with Crippen LogP contribution in [0.5, 0.6) is 0 Å². The Morgan fingerprint density at radius 1 is 0.341 bits per heavy atom. The van der Waals surface area contributed by atoms with Crippen LogP contribution in [0.4, 0.5) is 0 Å². The minimum absolute atomic E-state index is 0.188. The van der Waals surface area contributed by atoms with Crippen LogP contribution in [-0.4, -0.2) is 46.5 Å². The van der Waals surface area contributed by atoms with Crippen LogP contribution >= 0.6 is 38.6 Å². The molecule has 510 valence electrons. The van der Waals surface area contributed by atoms with Gasteiger partial charge in [-0.2, -0.15) is 0 Å². The SMILES string of the molecule is CCCCCCCCCCCCC(CCCCCCCCCC)CN1C(=O)c2cc(-c3cc(CCCCCC)c(Br)s3)c3c4c(cc(-c5cc(CCCCCC)cs5)c(c24)C1=O)C(=O)N(CC(CCCCCCCCCC)CCCCCCCCCCCC)C3=O. The first-order valence-electron chi connectivity index (χ1n) is 38.9. The Labute approximate surface area is 573 Å². The lowest BCUT2D eigenvalue weighted by atomic mass is 9.80. The number of aryl methyl sites for hydroxylation is 2. The summed E-state index contributed by atoms with van der Waals surface area (Å²) in [6.45, 7) is 14.4. The lowest BCUT2D eigenvalue weighted by Gasteiger charge is -2.36. The molecule has 0 fully saturated rings. The van der Waals surface area contributed by atoms with Gasteiger partial charge in [0.2, 0.25) is 0 Å². The molecule has 0 radical (unpaired) electrons. The highest BCUT2D eigenvalue weighted by molar-refractivity contribution is 9.11. The van der Waals surface area contributed by atoms with E-state index in [1.807, 2.05) is 12.1 Å². The molecule has 0 saturated carbocycles. The molecule has 9 heteroatoms. The summed E-state index contributed by atoms with van der Waals surface area (Å²) >= 11 is 7.30. The second-order valence-electron chi connectivity index (χ2n) is 28.4. The van der Waals surface area contributed by atoms with E-state index < -0.39 is 0 Å². The summed E-state index contributed by atoms with van der Waals surface area (Å²) in [4.78, 5) is 69.2. The average Bonchev–Trinajstić information content (AvgIpc) is 1.19. The van der Waals surface area contributed by atoms with Crippen LogP contribution in [0.2, 0.25) is 0 Å². The van der Waals surface area contributed by atoms with Gasteiger partial charge in [0.1, 0.15) is 0 Å². The second kappa shape index (κ2) is 45.3. The van der Waals surface area contributed by atoms with Gasteiger partial charge in [-0.05, 0) is 120 Å². The molecule has 91 heavy (non-hydrogen) atoms. The van der Waals surface area contributed by atoms with Gasteiger partial charge in [-0.15, -0.1) is 22.7 Å². The molecule has 0 N–H and O–H groups in total. The van der Waals surface area contributed by atoms with Gasteiger partial charge in [-0.1, -0.05) is 311 Å². The number of unbranched alkanes of at least 4 members (excludes halogenated alkanes) is 38. The number of nitrogens with zero attached hydrogens (tertiary/aromatic N) is 2. The summed E-state index contributed by atoms with van der Waals surface area (Å²) in [5.74, 6) is -0.715. The number of thiophene rings is 2. The molecule has 2 aliphatic heterocycles. The summed E-state index contributed by atoms with van der Waals surface area (Å²) < 4.78 is 1.05. The van der Waals surface area contributed by atoms with Crippen molar-refractivity contribution < 1.29 is 19.2 Å². The van der Waals surface area contributed by atoms with E-state index in [-0.39, 0.29) is 35.5 Å². The highest BCUT2D eigenvalue weighted by Gasteiger charge is 2.44. The van der Waals surface area contributed by atoms with Gasteiger partial charge in [0.25, 0.3) is 23.6 Å². The van der Waals surface area contributed by atoms with Crippen LogP contribution in [0.3, 0.4) is 0 Å². The molecule has 2 aliphatic rings. The van der Waals surface area contributed by atoms with Crippen LogP contribution in [0.15, 0.2) is 33.4 Å². The first-order chi connectivity index (χ1) is 44.6. The lowest BCUT2D eigenvalue weighted by Crippen LogP contribution is -2.46. The van der Waals surface area contributed by atoms with Gasteiger partial charge >= 0.3 is 0 Å². The molecule has 6 rings (SSSR count). The van der Waals surface area contributed by atoms with E-state index in [1.165, 1.54) is 249 Å². The molecule has 0 aliphatic carbocycles. The predicted octanol–water partition coefficient (Wildman–Crippen LogP) is 27.4. The summed E-state index contributed by atoms with van der Waals surface area (Å²) in [5.41, 5.74) is 5.84. The number of amides is 4. The van der Waals surface area contributed by atoms with Crippen molar-refractivity contribution in [1.82, 2.24) is 9.80 Å². The van der Waals surface area contributed by atoms with Crippen LogP contribution in [0, 0.1) is 11.8 Å². The number of benzene rings is 2.